The number of nitrogens with zero attached hydrogens (tertiary/aromatic N) is 6. The van der Waals surface area contributed by atoms with Crippen LogP contribution in [-0.2, 0) is 26.0 Å². The fourth-order valence-corrected chi connectivity index (χ4v) is 7.77. The van der Waals surface area contributed by atoms with Gasteiger partial charge in [0, 0.05) is 60.9 Å². The van der Waals surface area contributed by atoms with Gasteiger partial charge in [-0.1, -0.05) is 18.2 Å². The van der Waals surface area contributed by atoms with Crippen molar-refractivity contribution in [1.29, 1.82) is 0 Å². The normalized spacial score (nSPS) is 17.1. The van der Waals surface area contributed by atoms with E-state index in [0.29, 0.717) is 30.1 Å². The molecule has 2 aliphatic rings. The van der Waals surface area contributed by atoms with E-state index >= 15 is 0 Å². The maximum absolute atomic E-state index is 13.4. The Morgan fingerprint density at radius 1 is 0.900 bits per heavy atom. The molecule has 7 rings (SSSR count). The number of pyridine rings is 1. The van der Waals surface area contributed by atoms with Gasteiger partial charge in [0.25, 0.3) is 10.0 Å². The predicted molar refractivity (Wildman–Crippen MR) is 154 cm³/mol. The van der Waals surface area contributed by atoms with Crippen LogP contribution < -0.4 is 4.90 Å². The Morgan fingerprint density at radius 3 is 2.42 bits per heavy atom. The molecule has 6 heterocycles. The van der Waals surface area contributed by atoms with E-state index in [2.05, 4.69) is 20.9 Å². The van der Waals surface area contributed by atoms with Crippen molar-refractivity contribution in [3.05, 3.63) is 65.9 Å². The highest BCUT2D eigenvalue weighted by Gasteiger charge is 2.24. The number of ether oxygens (including phenoxy) is 2. The van der Waals surface area contributed by atoms with Crippen LogP contribution in [0.15, 0.2) is 66.0 Å². The Balaban J connectivity index is 1.34. The largest absolute Gasteiger partial charge is 0.379 e. The second-order valence-electron chi connectivity index (χ2n) is 9.84. The average Bonchev–Trinajstić information content (AvgIpc) is 3.62. The summed E-state index contributed by atoms with van der Waals surface area (Å²) in [7, 11) is -3.79. The first-order valence-electron chi connectivity index (χ1n) is 13.3. The van der Waals surface area contributed by atoms with Crippen LogP contribution in [0.5, 0.6) is 0 Å². The minimum atomic E-state index is -3.79. The number of aromatic nitrogens is 4. The number of anilines is 1. The molecule has 1 aromatic carbocycles. The van der Waals surface area contributed by atoms with E-state index < -0.39 is 10.0 Å². The molecule has 12 heteroatoms. The molecular formula is C28H28N6O4S2. The summed E-state index contributed by atoms with van der Waals surface area (Å²) in [5.41, 5.74) is 2.06. The Kier molecular flexibility index (Phi) is 6.72. The minimum Gasteiger partial charge on any atom is -0.379 e. The lowest BCUT2D eigenvalue weighted by Gasteiger charge is -2.28. The van der Waals surface area contributed by atoms with E-state index in [1.165, 1.54) is 8.85 Å². The zero-order chi connectivity index (χ0) is 27.1. The number of hydrogen-bond donors (Lipinski definition) is 0. The first-order chi connectivity index (χ1) is 19.6. The quantitative estimate of drug-likeness (QED) is 0.300. The molecule has 0 spiro atoms. The molecule has 0 N–H and O–H groups in total. The van der Waals surface area contributed by atoms with Crippen LogP contribution in [0.4, 0.5) is 5.82 Å². The first kappa shape index (κ1) is 25.5. The van der Waals surface area contributed by atoms with Gasteiger partial charge in [0.2, 0.25) is 0 Å². The average molecular weight is 577 g/mol. The fourth-order valence-electron chi connectivity index (χ4n) is 5.26. The Morgan fingerprint density at radius 2 is 1.65 bits per heavy atom. The Hall–Kier alpha value is -3.42. The number of hydrogen-bond acceptors (Lipinski definition) is 10. The molecule has 2 fully saturated rings. The van der Waals surface area contributed by atoms with E-state index in [0.717, 1.165) is 67.4 Å². The Labute approximate surface area is 235 Å². The van der Waals surface area contributed by atoms with Crippen molar-refractivity contribution in [3.63, 3.8) is 0 Å². The number of benzene rings is 1. The summed E-state index contributed by atoms with van der Waals surface area (Å²) in [5, 5.41) is 0.727. The van der Waals surface area contributed by atoms with Crippen molar-refractivity contribution in [3.8, 4) is 11.4 Å². The molecule has 40 heavy (non-hydrogen) atoms. The predicted octanol–water partition coefficient (Wildman–Crippen LogP) is 3.61. The third-order valence-corrected chi connectivity index (χ3v) is 10.1. The topological polar surface area (TPSA) is 103 Å². The highest BCUT2D eigenvalue weighted by atomic mass is 32.2. The van der Waals surface area contributed by atoms with Crippen LogP contribution in [0, 0.1) is 0 Å². The fraction of sp³-hybridized carbons (Fsp3) is 0.321. The summed E-state index contributed by atoms with van der Waals surface area (Å²) in [6.45, 7) is 6.96. The van der Waals surface area contributed by atoms with Crippen LogP contribution in [0.1, 0.15) is 4.88 Å². The maximum atomic E-state index is 13.4. The van der Waals surface area contributed by atoms with Crippen LogP contribution in [0.25, 0.3) is 32.5 Å². The highest BCUT2D eigenvalue weighted by Crippen LogP contribution is 2.37. The van der Waals surface area contributed by atoms with Gasteiger partial charge in [-0.2, -0.15) is 0 Å². The van der Waals surface area contributed by atoms with Gasteiger partial charge in [-0.3, -0.25) is 9.88 Å². The third kappa shape index (κ3) is 4.65. The molecule has 0 aliphatic carbocycles. The van der Waals surface area contributed by atoms with E-state index in [-0.39, 0.29) is 4.90 Å². The molecule has 0 amide bonds. The second-order valence-corrected chi connectivity index (χ2v) is 12.8. The minimum absolute atomic E-state index is 0.219. The Bertz CT molecular complexity index is 1780. The van der Waals surface area contributed by atoms with E-state index in [4.69, 9.17) is 19.4 Å². The van der Waals surface area contributed by atoms with Crippen molar-refractivity contribution >= 4 is 48.3 Å². The summed E-state index contributed by atoms with van der Waals surface area (Å²) in [5.74, 6) is 1.41. The first-order valence-corrected chi connectivity index (χ1v) is 15.5. The molecule has 0 unspecified atom stereocenters. The van der Waals surface area contributed by atoms with Crippen LogP contribution in [0.3, 0.4) is 0 Å². The van der Waals surface area contributed by atoms with Crippen LogP contribution >= 0.6 is 11.3 Å². The van der Waals surface area contributed by atoms with Gasteiger partial charge in [0.15, 0.2) is 11.6 Å². The highest BCUT2D eigenvalue weighted by molar-refractivity contribution is 7.90. The van der Waals surface area contributed by atoms with Crippen LogP contribution in [0.2, 0.25) is 0 Å². The maximum Gasteiger partial charge on any atom is 0.268 e. The summed E-state index contributed by atoms with van der Waals surface area (Å²) >= 11 is 1.73. The van der Waals surface area contributed by atoms with Gasteiger partial charge < -0.3 is 14.4 Å². The molecule has 0 bridgehead atoms. The zero-order valence-corrected chi connectivity index (χ0v) is 23.4. The number of rotatable bonds is 6. The van der Waals surface area contributed by atoms with E-state index in [9.17, 15) is 8.42 Å². The molecule has 5 aromatic rings. The lowest BCUT2D eigenvalue weighted by molar-refractivity contribution is 0.0346. The molecule has 206 valence electrons. The van der Waals surface area contributed by atoms with Gasteiger partial charge in [-0.15, -0.1) is 11.3 Å². The summed E-state index contributed by atoms with van der Waals surface area (Å²) in [4.78, 5) is 20.6. The van der Waals surface area contributed by atoms with Gasteiger partial charge in [-0.05, 0) is 24.3 Å². The smallest absolute Gasteiger partial charge is 0.268 e. The number of fused-ring (bicyclic) bond motifs is 2. The molecule has 0 radical (unpaired) electrons. The molecule has 2 aliphatic heterocycles. The monoisotopic (exact) mass is 576 g/mol. The summed E-state index contributed by atoms with van der Waals surface area (Å²) in [6.07, 6.45) is 4.86. The van der Waals surface area contributed by atoms with Crippen molar-refractivity contribution in [2.24, 2.45) is 0 Å². The lowest BCUT2D eigenvalue weighted by atomic mass is 10.1. The van der Waals surface area contributed by atoms with Crippen molar-refractivity contribution in [2.45, 2.75) is 11.4 Å². The second kappa shape index (κ2) is 10.5. The lowest BCUT2D eigenvalue weighted by Crippen LogP contribution is -2.36. The van der Waals surface area contributed by atoms with E-state index in [1.54, 1.807) is 66.3 Å². The molecular weight excluding hydrogens is 548 g/mol. The SMILES string of the molecule is O=S(=O)(c1ccccc1)n1ccc2c(-c3nc(N4CCOCC4)c4sc(CN5CCOCC5)cc4n3)cncc21. The number of thiophene rings is 1. The van der Waals surface area contributed by atoms with Crippen molar-refractivity contribution in [2.75, 3.05) is 57.5 Å². The zero-order valence-electron chi connectivity index (χ0n) is 21.8. The third-order valence-electron chi connectivity index (χ3n) is 7.32. The molecule has 2 saturated heterocycles. The molecule has 0 saturated carbocycles. The molecule has 10 nitrogen and oxygen atoms in total. The van der Waals surface area contributed by atoms with Gasteiger partial charge in [0.1, 0.15) is 0 Å². The number of morpholine rings is 2. The van der Waals surface area contributed by atoms with Gasteiger partial charge >= 0.3 is 0 Å². The molecule has 0 atom stereocenters. The van der Waals surface area contributed by atoms with E-state index in [1.807, 2.05) is 0 Å². The van der Waals surface area contributed by atoms with Gasteiger partial charge in [-0.25, -0.2) is 22.4 Å². The molecule has 4 aromatic heterocycles. The van der Waals surface area contributed by atoms with Crippen molar-refractivity contribution in [1.82, 2.24) is 23.8 Å². The summed E-state index contributed by atoms with van der Waals surface area (Å²) < 4.78 is 40.3. The standard InChI is InChI=1S/C28H28N6O4S2/c35-40(36,21-4-2-1-3-5-21)34-7-6-22-23(17-29-18-25(22)34)27-30-24-16-20(19-32-8-12-37-13-9-32)39-26(24)28(31-27)33-10-14-38-15-11-33/h1-7,16-18H,8-15,19H2. The summed E-state index contributed by atoms with van der Waals surface area (Å²) in [6, 6.07) is 12.4. The van der Waals surface area contributed by atoms with Crippen LogP contribution in [-0.4, -0.2) is 84.8 Å². The van der Waals surface area contributed by atoms with Gasteiger partial charge in [0.05, 0.1) is 53.3 Å². The van der Waals surface area contributed by atoms with Crippen molar-refractivity contribution < 1.29 is 17.9 Å².